The van der Waals surface area contributed by atoms with E-state index in [1.807, 2.05) is 12.3 Å². The van der Waals surface area contributed by atoms with Gasteiger partial charge in [-0.25, -0.2) is 19.9 Å². The third-order valence-electron chi connectivity index (χ3n) is 23.1. The molecule has 0 radical (unpaired) electrons. The van der Waals surface area contributed by atoms with E-state index in [0.29, 0.717) is 0 Å². The van der Waals surface area contributed by atoms with Crippen LogP contribution < -0.4 is 0 Å². The van der Waals surface area contributed by atoms with E-state index < -0.39 is 0 Å². The second-order valence-electron chi connectivity index (χ2n) is 29.6. The number of aromatic nitrogens is 6. The van der Waals surface area contributed by atoms with Gasteiger partial charge in [0.05, 0.1) is 34.3 Å². The molecule has 0 saturated heterocycles. The summed E-state index contributed by atoms with van der Waals surface area (Å²) in [7, 11) is 0. The van der Waals surface area contributed by atoms with E-state index in [2.05, 4.69) is 339 Å². The molecule has 22 rings (SSSR count). The molecule has 6 nitrogen and oxygen atoms in total. The number of benzene rings is 16. The van der Waals surface area contributed by atoms with Gasteiger partial charge in [0.1, 0.15) is 0 Å². The van der Waals surface area contributed by atoms with Crippen molar-refractivity contribution in [2.24, 2.45) is 0 Å². The van der Waals surface area contributed by atoms with Gasteiger partial charge < -0.3 is 0 Å². The Hall–Kier alpha value is -13.4. The molecule has 0 unspecified atom stereocenters. The van der Waals surface area contributed by atoms with Crippen molar-refractivity contribution in [3.63, 3.8) is 0 Å². The van der Waals surface area contributed by atoms with Crippen LogP contribution in [0.2, 0.25) is 0 Å². The monoisotopic (exact) mass is 1350 g/mol. The minimum atomic E-state index is -0.199. The second kappa shape index (κ2) is 23.6. The fourth-order valence-corrected chi connectivity index (χ4v) is 18.1. The third kappa shape index (κ3) is 9.37. The van der Waals surface area contributed by atoms with Crippen molar-refractivity contribution in [1.29, 1.82) is 0 Å². The summed E-state index contributed by atoms with van der Waals surface area (Å²) in [5, 5.41) is 22.3. The van der Waals surface area contributed by atoms with Crippen LogP contribution in [0.15, 0.2) is 328 Å². The van der Waals surface area contributed by atoms with Crippen LogP contribution in [0.3, 0.4) is 0 Å². The van der Waals surface area contributed by atoms with E-state index in [4.69, 9.17) is 9.97 Å². The fraction of sp³-hybridized carbons (Fsp3) is 0.0600. The first-order chi connectivity index (χ1) is 52.1. The standard InChI is InChI=1S/2C50H33N3/c1-50(2)43-15-8-7-14-40(43)48-47(50)45(46-35-11-4-3-10-31(35)22-25-44(46)53-48)32-18-16-30(17-19-32)33-20-23-38-39-24-21-34(49-51-26-9-27-52-49)29-42(39)37-13-6-5-12-36(37)41(38)28-33;1-50(2)43-14-8-7-13-40(43)49-48(50)46(47-35-10-4-3-9-31(35)21-24-44(47)53-49)32-17-15-30(16-18-32)33-19-22-38-39-23-20-34(45-29-51-25-26-52-45)28-42(39)37-12-6-5-11-36(37)41(38)27-33/h2*3-29H,1-2H3. The first-order valence-corrected chi connectivity index (χ1v) is 36.5. The van der Waals surface area contributed by atoms with E-state index in [1.165, 1.54) is 175 Å². The Balaban J connectivity index is 0.000000136. The molecule has 0 saturated carbocycles. The van der Waals surface area contributed by atoms with Crippen molar-refractivity contribution < 1.29 is 0 Å². The quantitative estimate of drug-likeness (QED) is 0.154. The highest BCUT2D eigenvalue weighted by Crippen LogP contribution is 2.56. The van der Waals surface area contributed by atoms with Crippen molar-refractivity contribution in [2.45, 2.75) is 38.5 Å². The van der Waals surface area contributed by atoms with Gasteiger partial charge in [0, 0.05) is 68.6 Å². The fourth-order valence-electron chi connectivity index (χ4n) is 18.1. The zero-order chi connectivity index (χ0) is 70.5. The second-order valence-corrected chi connectivity index (χ2v) is 29.6. The van der Waals surface area contributed by atoms with Crippen molar-refractivity contribution >= 4 is 108 Å². The van der Waals surface area contributed by atoms with Gasteiger partial charge in [-0.3, -0.25) is 9.97 Å². The molecular formula is C100H66N6. The maximum absolute atomic E-state index is 5.38. The molecule has 4 aromatic heterocycles. The predicted molar refractivity (Wildman–Crippen MR) is 442 cm³/mol. The van der Waals surface area contributed by atoms with E-state index in [-0.39, 0.29) is 10.8 Å². The molecule has 20 aromatic rings. The van der Waals surface area contributed by atoms with Crippen LogP contribution in [0.25, 0.3) is 198 Å². The van der Waals surface area contributed by atoms with Gasteiger partial charge in [-0.05, 0) is 195 Å². The average Bonchev–Trinajstić information content (AvgIpc) is 1.46. The number of hydrogen-bond acceptors (Lipinski definition) is 6. The van der Waals surface area contributed by atoms with Gasteiger partial charge in [-0.2, -0.15) is 0 Å². The number of pyridine rings is 2. The summed E-state index contributed by atoms with van der Waals surface area (Å²) in [5.41, 5.74) is 24.4. The minimum Gasteiger partial charge on any atom is -0.261 e. The molecule has 106 heavy (non-hydrogen) atoms. The Morgan fingerprint density at radius 3 is 1.06 bits per heavy atom. The lowest BCUT2D eigenvalue weighted by Gasteiger charge is -2.25. The molecule has 0 fully saturated rings. The Morgan fingerprint density at radius 2 is 0.613 bits per heavy atom. The topological polar surface area (TPSA) is 77.3 Å². The summed E-state index contributed by atoms with van der Waals surface area (Å²) < 4.78 is 0. The molecule has 0 amide bonds. The number of hydrogen-bond donors (Lipinski definition) is 0. The lowest BCUT2D eigenvalue weighted by molar-refractivity contribution is 0.661. The first-order valence-electron chi connectivity index (χ1n) is 36.5. The predicted octanol–water partition coefficient (Wildman–Crippen LogP) is 25.9. The van der Waals surface area contributed by atoms with Crippen LogP contribution in [-0.4, -0.2) is 29.9 Å². The van der Waals surface area contributed by atoms with Crippen LogP contribution in [-0.2, 0) is 10.8 Å². The van der Waals surface area contributed by atoms with Crippen molar-refractivity contribution in [1.82, 2.24) is 29.9 Å². The smallest absolute Gasteiger partial charge is 0.159 e. The summed E-state index contributed by atoms with van der Waals surface area (Å²) in [6, 6.07) is 109. The number of fused-ring (bicyclic) bond motifs is 24. The van der Waals surface area contributed by atoms with Gasteiger partial charge in [0.25, 0.3) is 0 Å². The van der Waals surface area contributed by atoms with Crippen LogP contribution in [0.4, 0.5) is 0 Å². The first kappa shape index (κ1) is 61.3. The minimum absolute atomic E-state index is 0.199. The summed E-state index contributed by atoms with van der Waals surface area (Å²) >= 11 is 0. The zero-order valence-corrected chi connectivity index (χ0v) is 58.9. The molecule has 0 aliphatic heterocycles. The number of nitrogens with zero attached hydrogens (tertiary/aromatic N) is 6. The highest BCUT2D eigenvalue weighted by molar-refractivity contribution is 6.28. The maximum atomic E-state index is 5.38. The highest BCUT2D eigenvalue weighted by Gasteiger charge is 2.41. The van der Waals surface area contributed by atoms with Crippen LogP contribution in [0, 0.1) is 0 Å². The van der Waals surface area contributed by atoms with Gasteiger partial charge in [-0.1, -0.05) is 282 Å². The molecule has 2 aliphatic carbocycles. The maximum Gasteiger partial charge on any atom is 0.159 e. The molecule has 16 aromatic carbocycles. The van der Waals surface area contributed by atoms with Crippen molar-refractivity contribution in [3.05, 3.63) is 350 Å². The highest BCUT2D eigenvalue weighted by atomic mass is 14.9. The molecule has 0 spiro atoms. The lowest BCUT2D eigenvalue weighted by atomic mass is 9.78. The normalized spacial score (nSPS) is 13.2. The van der Waals surface area contributed by atoms with Crippen molar-refractivity contribution in [3.8, 4) is 89.7 Å². The molecular weight excluding hydrogens is 1290 g/mol. The van der Waals surface area contributed by atoms with Gasteiger partial charge >= 0.3 is 0 Å². The molecule has 0 N–H and O–H groups in total. The summed E-state index contributed by atoms with van der Waals surface area (Å²) in [6.45, 7) is 9.42. The Bertz CT molecular complexity index is 6640. The molecule has 2 aliphatic rings. The van der Waals surface area contributed by atoms with Gasteiger partial charge in [0.2, 0.25) is 0 Å². The van der Waals surface area contributed by atoms with Gasteiger partial charge in [-0.15, -0.1) is 0 Å². The Labute approximate surface area is 612 Å². The molecule has 0 atom stereocenters. The molecule has 4 heterocycles. The van der Waals surface area contributed by atoms with Crippen LogP contribution in [0.5, 0.6) is 0 Å². The van der Waals surface area contributed by atoms with Crippen molar-refractivity contribution in [2.75, 3.05) is 0 Å². The summed E-state index contributed by atoms with van der Waals surface area (Å²) in [6.07, 6.45) is 8.89. The zero-order valence-electron chi connectivity index (χ0n) is 58.9. The molecule has 0 bridgehead atoms. The summed E-state index contributed by atoms with van der Waals surface area (Å²) in [4.78, 5) is 28.7. The van der Waals surface area contributed by atoms with Crippen LogP contribution in [0.1, 0.15) is 49.9 Å². The molecule has 496 valence electrons. The average molecular weight is 1350 g/mol. The van der Waals surface area contributed by atoms with Crippen LogP contribution >= 0.6 is 0 Å². The van der Waals surface area contributed by atoms with E-state index in [1.54, 1.807) is 24.8 Å². The van der Waals surface area contributed by atoms with E-state index in [9.17, 15) is 0 Å². The Kier molecular flexibility index (Phi) is 13.6. The van der Waals surface area contributed by atoms with Gasteiger partial charge in [0.15, 0.2) is 5.82 Å². The lowest BCUT2D eigenvalue weighted by Crippen LogP contribution is -2.16. The third-order valence-corrected chi connectivity index (χ3v) is 23.1. The van der Waals surface area contributed by atoms with E-state index in [0.717, 1.165) is 45.1 Å². The largest absolute Gasteiger partial charge is 0.261 e. The summed E-state index contributed by atoms with van der Waals surface area (Å²) in [5.74, 6) is 0.739. The number of rotatable bonds is 6. The Morgan fingerprint density at radius 1 is 0.255 bits per heavy atom. The van der Waals surface area contributed by atoms with E-state index >= 15 is 0 Å². The molecule has 6 heteroatoms. The SMILES string of the molecule is CC1(C)c2ccccc2-c2nc3ccc4ccccc4c3c(-c3ccc(-c4ccc5c6ccc(-c7cnccn7)cc6c6ccccc6c5c4)cc3)c21.CC1(C)c2ccccc2-c2nc3ccc4ccccc4c3c(-c3ccc(-c4ccc5c6ccc(-c7ncccn7)cc6c6ccccc6c5c4)cc3)c21.